The lowest BCUT2D eigenvalue weighted by molar-refractivity contribution is -0.292. The molecule has 0 saturated carbocycles. The summed E-state index contributed by atoms with van der Waals surface area (Å²) in [6, 6.07) is 3.09. The van der Waals surface area contributed by atoms with Gasteiger partial charge in [-0.05, 0) is 36.8 Å². The van der Waals surface area contributed by atoms with E-state index in [2.05, 4.69) is 5.32 Å². The van der Waals surface area contributed by atoms with Crippen molar-refractivity contribution in [2.24, 2.45) is 5.92 Å². The number of fused-ring (bicyclic) bond motifs is 1. The predicted octanol–water partition coefficient (Wildman–Crippen LogP) is 1.36. The fraction of sp³-hybridized carbons (Fsp3) is 0.467. The monoisotopic (exact) mass is 392 g/mol. The Balaban J connectivity index is 2.08. The third kappa shape index (κ3) is 3.01. The van der Waals surface area contributed by atoms with Gasteiger partial charge in [-0.1, -0.05) is 6.07 Å². The van der Waals surface area contributed by atoms with E-state index in [0.717, 1.165) is 0 Å². The molecule has 3 N–H and O–H groups in total. The minimum absolute atomic E-state index is 0.0232. The minimum atomic E-state index is -5.19. The summed E-state index contributed by atoms with van der Waals surface area (Å²) in [4.78, 5) is 12.3. The van der Waals surface area contributed by atoms with E-state index in [1.165, 1.54) is 25.1 Å². The van der Waals surface area contributed by atoms with Crippen LogP contribution in [0.5, 0.6) is 11.5 Å². The number of halogens is 3. The molecule has 2 aliphatic heterocycles. The molecule has 2 heterocycles. The van der Waals surface area contributed by atoms with Crippen molar-refractivity contribution in [1.82, 2.24) is 10.6 Å². The summed E-state index contributed by atoms with van der Waals surface area (Å²) >= 11 is 4.81. The van der Waals surface area contributed by atoms with Crippen LogP contribution in [0.4, 0.5) is 13.2 Å². The zero-order valence-corrected chi connectivity index (χ0v) is 14.2. The van der Waals surface area contributed by atoms with E-state index in [1.807, 2.05) is 0 Å². The first-order valence-corrected chi connectivity index (χ1v) is 8.02. The van der Waals surface area contributed by atoms with E-state index < -0.39 is 34.9 Å². The third-order valence-corrected chi connectivity index (χ3v) is 4.32. The topological polar surface area (TPSA) is 89.1 Å². The van der Waals surface area contributed by atoms with Crippen molar-refractivity contribution in [1.29, 1.82) is 0 Å². The zero-order valence-electron chi connectivity index (χ0n) is 13.4. The van der Waals surface area contributed by atoms with Crippen LogP contribution in [-0.4, -0.2) is 41.5 Å². The molecule has 142 valence electrons. The number of carbonyl (C=O) groups excluding carboxylic acids is 1. The number of aliphatic hydroxyl groups is 1. The molecule has 0 amide bonds. The Bertz CT molecular complexity index is 744. The molecule has 11 heteroatoms. The molecule has 1 aromatic carbocycles. The molecule has 0 radical (unpaired) electrons. The maximum atomic E-state index is 13.6. The molecule has 2 aliphatic rings. The second-order valence-electron chi connectivity index (χ2n) is 5.68. The first-order valence-electron chi connectivity index (χ1n) is 7.61. The van der Waals surface area contributed by atoms with Crippen molar-refractivity contribution in [2.75, 3.05) is 13.4 Å². The Kier molecular flexibility index (Phi) is 4.61. The molecule has 0 unspecified atom stereocenters. The summed E-state index contributed by atoms with van der Waals surface area (Å²) in [7, 11) is 0. The summed E-state index contributed by atoms with van der Waals surface area (Å²) in [5, 5.41) is 14.3. The van der Waals surface area contributed by atoms with Crippen LogP contribution >= 0.6 is 12.2 Å². The molecular formula is C15H15F3N2O5S. The summed E-state index contributed by atoms with van der Waals surface area (Å²) in [5.41, 5.74) is -3.35. The number of rotatable bonds is 3. The van der Waals surface area contributed by atoms with Gasteiger partial charge in [-0.3, -0.25) is 4.79 Å². The van der Waals surface area contributed by atoms with Gasteiger partial charge >= 0.3 is 12.1 Å². The Morgan fingerprint density at radius 3 is 2.77 bits per heavy atom. The van der Waals surface area contributed by atoms with Gasteiger partial charge < -0.3 is 30.0 Å². The molecule has 1 aromatic rings. The normalized spacial score (nSPS) is 27.5. The van der Waals surface area contributed by atoms with Crippen LogP contribution in [0.15, 0.2) is 18.2 Å². The smallest absolute Gasteiger partial charge is 0.437 e. The van der Waals surface area contributed by atoms with Crippen molar-refractivity contribution >= 4 is 23.3 Å². The van der Waals surface area contributed by atoms with Gasteiger partial charge in [0, 0.05) is 0 Å². The summed E-state index contributed by atoms with van der Waals surface area (Å²) < 4.78 is 56.0. The zero-order chi connectivity index (χ0) is 19.1. The van der Waals surface area contributed by atoms with Crippen LogP contribution in [-0.2, 0) is 9.53 Å². The molecule has 1 saturated heterocycles. The number of benzene rings is 1. The highest BCUT2D eigenvalue weighted by Crippen LogP contribution is 2.44. The number of esters is 1. The van der Waals surface area contributed by atoms with Crippen molar-refractivity contribution in [3.05, 3.63) is 23.8 Å². The van der Waals surface area contributed by atoms with Crippen molar-refractivity contribution < 1.29 is 37.3 Å². The number of hydrogen-bond donors (Lipinski definition) is 3. The van der Waals surface area contributed by atoms with E-state index in [1.54, 1.807) is 5.32 Å². The van der Waals surface area contributed by atoms with E-state index in [9.17, 15) is 23.1 Å². The average molecular weight is 392 g/mol. The van der Waals surface area contributed by atoms with Crippen LogP contribution in [0.2, 0.25) is 0 Å². The molecule has 0 aliphatic carbocycles. The second kappa shape index (κ2) is 6.47. The molecule has 0 aromatic heterocycles. The summed E-state index contributed by atoms with van der Waals surface area (Å²) in [6.07, 6.45) is -5.19. The Morgan fingerprint density at radius 1 is 1.42 bits per heavy atom. The molecular weight excluding hydrogens is 377 g/mol. The molecule has 0 bridgehead atoms. The quantitative estimate of drug-likeness (QED) is 0.525. The van der Waals surface area contributed by atoms with Crippen LogP contribution in [0, 0.1) is 5.92 Å². The van der Waals surface area contributed by atoms with E-state index in [0.29, 0.717) is 11.5 Å². The summed E-state index contributed by atoms with van der Waals surface area (Å²) in [5.74, 6) is -2.54. The third-order valence-electron chi connectivity index (χ3n) is 4.10. The van der Waals surface area contributed by atoms with Crippen molar-refractivity contribution in [3.8, 4) is 11.5 Å². The lowest BCUT2D eigenvalue weighted by Crippen LogP contribution is -2.73. The lowest BCUT2D eigenvalue weighted by Gasteiger charge is -2.45. The number of nitrogens with one attached hydrogen (secondary N) is 2. The van der Waals surface area contributed by atoms with Gasteiger partial charge in [0.15, 0.2) is 16.6 Å². The van der Waals surface area contributed by atoms with Crippen LogP contribution in [0.1, 0.15) is 18.5 Å². The van der Waals surface area contributed by atoms with E-state index in [4.69, 9.17) is 26.4 Å². The molecule has 0 spiro atoms. The second-order valence-corrected chi connectivity index (χ2v) is 6.09. The van der Waals surface area contributed by atoms with Gasteiger partial charge in [0.05, 0.1) is 12.6 Å². The van der Waals surface area contributed by atoms with Gasteiger partial charge in [-0.2, -0.15) is 13.2 Å². The first-order chi connectivity index (χ1) is 12.2. The molecule has 1 fully saturated rings. The number of hydrogen-bond acceptors (Lipinski definition) is 6. The van der Waals surface area contributed by atoms with Gasteiger partial charge in [-0.25, -0.2) is 0 Å². The Labute approximate surface area is 151 Å². The Hall–Kier alpha value is -2.27. The van der Waals surface area contributed by atoms with Crippen LogP contribution < -0.4 is 20.1 Å². The molecule has 26 heavy (non-hydrogen) atoms. The highest BCUT2D eigenvalue weighted by molar-refractivity contribution is 7.80. The maximum Gasteiger partial charge on any atom is 0.437 e. The number of alkyl halides is 3. The summed E-state index contributed by atoms with van der Waals surface area (Å²) in [6.45, 7) is 1.28. The number of carbonyl (C=O) groups is 1. The highest BCUT2D eigenvalue weighted by Gasteiger charge is 2.66. The number of thiocarbonyl (C=S) groups is 1. The standard InChI is InChI=1S/C15H15F3N2O5S/c1-2-23-12(21)10-11(7-3-4-8-9(5-7)25-6-24-8)19-13(26)20-14(10,22)15(16,17)18/h3-5,10-11,22H,2,6H2,1H3,(H2,19,20,26)/t10-,11-,14-/m0/s1. The van der Waals surface area contributed by atoms with Gasteiger partial charge in [0.1, 0.15) is 5.92 Å². The maximum absolute atomic E-state index is 13.6. The van der Waals surface area contributed by atoms with E-state index in [-0.39, 0.29) is 19.0 Å². The minimum Gasteiger partial charge on any atom is -0.466 e. The van der Waals surface area contributed by atoms with E-state index >= 15 is 0 Å². The fourth-order valence-electron chi connectivity index (χ4n) is 2.92. The SMILES string of the molecule is CCOC(=O)[C@@H]1[C@H](c2ccc3c(c2)OCO3)NC(=S)N[C@@]1(O)C(F)(F)F. The predicted molar refractivity (Wildman–Crippen MR) is 85.3 cm³/mol. The average Bonchev–Trinajstić information content (AvgIpc) is 3.00. The highest BCUT2D eigenvalue weighted by atomic mass is 32.1. The largest absolute Gasteiger partial charge is 0.466 e. The van der Waals surface area contributed by atoms with Gasteiger partial charge in [0.2, 0.25) is 6.79 Å². The lowest BCUT2D eigenvalue weighted by atomic mass is 9.82. The van der Waals surface area contributed by atoms with Crippen LogP contribution in [0.3, 0.4) is 0 Å². The fourth-order valence-corrected chi connectivity index (χ4v) is 3.20. The van der Waals surface area contributed by atoms with Crippen LogP contribution in [0.25, 0.3) is 0 Å². The van der Waals surface area contributed by atoms with Crippen molar-refractivity contribution in [2.45, 2.75) is 24.9 Å². The Morgan fingerprint density at radius 2 is 2.12 bits per heavy atom. The number of ether oxygens (including phenoxy) is 3. The van der Waals surface area contributed by atoms with Gasteiger partial charge in [0.25, 0.3) is 5.72 Å². The molecule has 3 atom stereocenters. The molecule has 7 nitrogen and oxygen atoms in total. The van der Waals surface area contributed by atoms with Gasteiger partial charge in [-0.15, -0.1) is 0 Å². The molecule has 3 rings (SSSR count). The van der Waals surface area contributed by atoms with Crippen molar-refractivity contribution in [3.63, 3.8) is 0 Å². The first kappa shape index (κ1) is 18.5.